The first-order valence-corrected chi connectivity index (χ1v) is 8.20. The van der Waals surface area contributed by atoms with Gasteiger partial charge in [-0.05, 0) is 49.2 Å². The molecule has 0 aliphatic heterocycles. The lowest BCUT2D eigenvalue weighted by Gasteiger charge is -2.02. The van der Waals surface area contributed by atoms with Gasteiger partial charge in [0.05, 0.1) is 16.7 Å². The molecule has 7 nitrogen and oxygen atoms in total. The van der Waals surface area contributed by atoms with Gasteiger partial charge >= 0.3 is 0 Å². The highest BCUT2D eigenvalue weighted by atomic mass is 16.6. The summed E-state index contributed by atoms with van der Waals surface area (Å²) in [5.74, 6) is 0.392. The second kappa shape index (κ2) is 7.65. The van der Waals surface area contributed by atoms with Crippen molar-refractivity contribution in [2.75, 3.05) is 0 Å². The molecular weight excluding hydrogens is 346 g/mol. The lowest BCUT2D eigenvalue weighted by Crippen LogP contribution is -2.18. The normalized spacial score (nSPS) is 10.9. The molecule has 0 atom stereocenters. The number of hydrazone groups is 1. The third-order valence-electron chi connectivity index (χ3n) is 3.99. The first-order valence-electron chi connectivity index (χ1n) is 8.20. The number of nitro benzene ring substituents is 1. The summed E-state index contributed by atoms with van der Waals surface area (Å²) < 4.78 is 5.61. The van der Waals surface area contributed by atoms with Crippen LogP contribution in [0.5, 0.6) is 0 Å². The Labute approximate surface area is 155 Å². The SMILES string of the molecule is Cc1ccc(-c2ccc(/C=N\NC(=O)c3ccccc3C)o2)c([N+](=O)[O-])c1. The third kappa shape index (κ3) is 4.09. The maximum Gasteiger partial charge on any atom is 0.280 e. The molecular formula is C20H17N3O4. The van der Waals surface area contributed by atoms with Crippen LogP contribution in [0.25, 0.3) is 11.3 Å². The Bertz CT molecular complexity index is 1040. The van der Waals surface area contributed by atoms with Crippen molar-refractivity contribution in [1.82, 2.24) is 5.43 Å². The molecule has 1 heterocycles. The number of nitro groups is 1. The first kappa shape index (κ1) is 18.1. The minimum atomic E-state index is -0.443. The number of rotatable bonds is 5. The van der Waals surface area contributed by atoms with E-state index < -0.39 is 4.92 Å². The average Bonchev–Trinajstić information content (AvgIpc) is 3.10. The van der Waals surface area contributed by atoms with E-state index in [4.69, 9.17) is 4.42 Å². The average molecular weight is 363 g/mol. The minimum absolute atomic E-state index is 0.0271. The van der Waals surface area contributed by atoms with Gasteiger partial charge in [-0.25, -0.2) is 5.43 Å². The molecule has 3 aromatic rings. The fourth-order valence-corrected chi connectivity index (χ4v) is 2.61. The molecule has 1 amide bonds. The molecule has 136 valence electrons. The van der Waals surface area contributed by atoms with Crippen molar-refractivity contribution in [3.8, 4) is 11.3 Å². The van der Waals surface area contributed by atoms with E-state index in [1.165, 1.54) is 12.3 Å². The number of benzene rings is 2. The van der Waals surface area contributed by atoms with Crippen molar-refractivity contribution in [2.45, 2.75) is 13.8 Å². The number of amides is 1. The second-order valence-electron chi connectivity index (χ2n) is 5.99. The molecule has 27 heavy (non-hydrogen) atoms. The van der Waals surface area contributed by atoms with Gasteiger partial charge in [0.15, 0.2) is 0 Å². The fourth-order valence-electron chi connectivity index (χ4n) is 2.61. The van der Waals surface area contributed by atoms with E-state index >= 15 is 0 Å². The molecule has 0 spiro atoms. The molecule has 0 aliphatic rings. The zero-order chi connectivity index (χ0) is 19.4. The zero-order valence-corrected chi connectivity index (χ0v) is 14.8. The van der Waals surface area contributed by atoms with Crippen molar-refractivity contribution in [3.05, 3.63) is 87.2 Å². The number of carbonyl (C=O) groups is 1. The Morgan fingerprint density at radius 2 is 1.93 bits per heavy atom. The monoisotopic (exact) mass is 363 g/mol. The molecule has 0 saturated heterocycles. The van der Waals surface area contributed by atoms with Crippen LogP contribution in [-0.2, 0) is 0 Å². The number of nitrogens with one attached hydrogen (secondary N) is 1. The summed E-state index contributed by atoms with van der Waals surface area (Å²) in [7, 11) is 0. The Morgan fingerprint density at radius 3 is 2.67 bits per heavy atom. The number of furan rings is 1. The molecule has 2 aromatic carbocycles. The van der Waals surface area contributed by atoms with Gasteiger partial charge in [-0.3, -0.25) is 14.9 Å². The Kier molecular flexibility index (Phi) is 5.12. The maximum atomic E-state index is 12.1. The molecule has 3 rings (SSSR count). The van der Waals surface area contributed by atoms with Crippen LogP contribution in [0.1, 0.15) is 27.2 Å². The van der Waals surface area contributed by atoms with Gasteiger partial charge in [0.2, 0.25) is 0 Å². The minimum Gasteiger partial charge on any atom is -0.455 e. The summed E-state index contributed by atoms with van der Waals surface area (Å²) in [6, 6.07) is 15.4. The summed E-state index contributed by atoms with van der Waals surface area (Å²) in [6.07, 6.45) is 1.35. The highest BCUT2D eigenvalue weighted by molar-refractivity contribution is 5.96. The molecule has 0 aliphatic carbocycles. The zero-order valence-electron chi connectivity index (χ0n) is 14.8. The van der Waals surface area contributed by atoms with Crippen molar-refractivity contribution in [2.24, 2.45) is 5.10 Å². The van der Waals surface area contributed by atoms with Gasteiger partial charge in [0, 0.05) is 11.6 Å². The van der Waals surface area contributed by atoms with Gasteiger partial charge in [-0.1, -0.05) is 24.3 Å². The number of aryl methyl sites for hydroxylation is 2. The predicted octanol–water partition coefficient (Wildman–Crippen LogP) is 4.24. The summed E-state index contributed by atoms with van der Waals surface area (Å²) in [5, 5.41) is 15.1. The van der Waals surface area contributed by atoms with Crippen LogP contribution < -0.4 is 5.43 Å². The topological polar surface area (TPSA) is 97.7 Å². The highest BCUT2D eigenvalue weighted by Gasteiger charge is 2.18. The number of carbonyl (C=O) groups excluding carboxylic acids is 1. The predicted molar refractivity (Wildman–Crippen MR) is 102 cm³/mol. The van der Waals surface area contributed by atoms with Crippen molar-refractivity contribution < 1.29 is 14.1 Å². The van der Waals surface area contributed by atoms with Gasteiger partial charge in [0.1, 0.15) is 11.5 Å². The van der Waals surface area contributed by atoms with Gasteiger partial charge in [-0.2, -0.15) is 5.10 Å². The lowest BCUT2D eigenvalue weighted by atomic mass is 10.1. The molecule has 0 radical (unpaired) electrons. The Morgan fingerprint density at radius 1 is 1.15 bits per heavy atom. The standard InChI is InChI=1S/C20H17N3O4/c1-13-7-9-17(18(11-13)23(25)26)19-10-8-15(27-19)12-21-22-20(24)16-6-4-3-5-14(16)2/h3-12H,1-2H3,(H,22,24)/b21-12-. The number of hydrogen-bond donors (Lipinski definition) is 1. The van der Waals surface area contributed by atoms with Crippen molar-refractivity contribution in [3.63, 3.8) is 0 Å². The van der Waals surface area contributed by atoms with Gasteiger partial charge in [0.25, 0.3) is 11.6 Å². The van der Waals surface area contributed by atoms with Crippen LogP contribution in [-0.4, -0.2) is 17.0 Å². The Hall–Kier alpha value is -3.74. The van der Waals surface area contributed by atoms with Crippen LogP contribution >= 0.6 is 0 Å². The smallest absolute Gasteiger partial charge is 0.280 e. The summed E-state index contributed by atoms with van der Waals surface area (Å²) in [6.45, 7) is 3.63. The molecule has 0 unspecified atom stereocenters. The van der Waals surface area contributed by atoms with E-state index in [2.05, 4.69) is 10.5 Å². The van der Waals surface area contributed by atoms with E-state index in [1.807, 2.05) is 19.1 Å². The lowest BCUT2D eigenvalue weighted by molar-refractivity contribution is -0.384. The largest absolute Gasteiger partial charge is 0.455 e. The van der Waals surface area contributed by atoms with Crippen LogP contribution in [0.2, 0.25) is 0 Å². The van der Waals surface area contributed by atoms with Crippen LogP contribution in [0, 0.1) is 24.0 Å². The van der Waals surface area contributed by atoms with Gasteiger partial charge < -0.3 is 4.42 Å². The summed E-state index contributed by atoms with van der Waals surface area (Å²) in [5.41, 5.74) is 4.96. The van der Waals surface area contributed by atoms with Crippen LogP contribution in [0.15, 0.2) is 64.1 Å². The second-order valence-corrected chi connectivity index (χ2v) is 5.99. The summed E-state index contributed by atoms with van der Waals surface area (Å²) in [4.78, 5) is 22.9. The number of hydrogen-bond acceptors (Lipinski definition) is 5. The van der Waals surface area contributed by atoms with E-state index in [0.717, 1.165) is 11.1 Å². The van der Waals surface area contributed by atoms with E-state index in [0.29, 0.717) is 22.6 Å². The van der Waals surface area contributed by atoms with Crippen molar-refractivity contribution in [1.29, 1.82) is 0 Å². The molecule has 1 N–H and O–H groups in total. The summed E-state index contributed by atoms with van der Waals surface area (Å²) >= 11 is 0. The van der Waals surface area contributed by atoms with E-state index in [1.54, 1.807) is 43.3 Å². The molecule has 1 aromatic heterocycles. The van der Waals surface area contributed by atoms with E-state index in [-0.39, 0.29) is 11.6 Å². The quantitative estimate of drug-likeness (QED) is 0.416. The number of nitrogens with zero attached hydrogens (tertiary/aromatic N) is 2. The highest BCUT2D eigenvalue weighted by Crippen LogP contribution is 2.31. The van der Waals surface area contributed by atoms with Crippen molar-refractivity contribution >= 4 is 17.8 Å². The molecule has 0 fully saturated rings. The molecule has 0 bridgehead atoms. The molecule has 7 heteroatoms. The fraction of sp³-hybridized carbons (Fsp3) is 0.100. The Balaban J connectivity index is 1.75. The third-order valence-corrected chi connectivity index (χ3v) is 3.99. The van der Waals surface area contributed by atoms with Crippen LogP contribution in [0.3, 0.4) is 0 Å². The van der Waals surface area contributed by atoms with Crippen LogP contribution in [0.4, 0.5) is 5.69 Å². The van der Waals surface area contributed by atoms with E-state index in [9.17, 15) is 14.9 Å². The van der Waals surface area contributed by atoms with Gasteiger partial charge in [-0.15, -0.1) is 0 Å². The first-order chi connectivity index (χ1) is 13.0. The maximum absolute atomic E-state index is 12.1. The molecule has 0 saturated carbocycles.